The third-order valence-electron chi connectivity index (χ3n) is 5.13. The summed E-state index contributed by atoms with van der Waals surface area (Å²) in [6, 6.07) is 24.5. The highest BCUT2D eigenvalue weighted by atomic mass is 16.5. The first-order chi connectivity index (χ1) is 15.9. The average Bonchev–Trinajstić information content (AvgIpc) is 2.82. The molecule has 2 N–H and O–H groups in total. The maximum atomic E-state index is 13.4. The van der Waals surface area contributed by atoms with Crippen molar-refractivity contribution >= 4 is 18.0 Å². The number of amides is 1. The highest BCUT2D eigenvalue weighted by molar-refractivity contribution is 5.99. The van der Waals surface area contributed by atoms with Crippen molar-refractivity contribution in [3.63, 3.8) is 0 Å². The van der Waals surface area contributed by atoms with E-state index in [-0.39, 0.29) is 11.9 Å². The van der Waals surface area contributed by atoms with Gasteiger partial charge in [-0.2, -0.15) is 0 Å². The molecule has 5 heteroatoms. The SMILES string of the molecule is CC(C)CC(NC(=O)c1cc(COc2ccccc2)ccc1/C=C/C(=O)O)c1ccccc1. The van der Waals surface area contributed by atoms with Crippen molar-refractivity contribution in [3.8, 4) is 5.75 Å². The molecule has 0 bridgehead atoms. The van der Waals surface area contributed by atoms with E-state index < -0.39 is 5.97 Å². The Kier molecular flexibility index (Phi) is 8.42. The van der Waals surface area contributed by atoms with Crippen LogP contribution in [0.25, 0.3) is 6.08 Å². The Morgan fingerprint density at radius 1 is 0.970 bits per heavy atom. The topological polar surface area (TPSA) is 75.6 Å². The number of rotatable bonds is 10. The van der Waals surface area contributed by atoms with Crippen LogP contribution in [0.1, 0.15) is 53.4 Å². The van der Waals surface area contributed by atoms with Gasteiger partial charge in [-0.15, -0.1) is 0 Å². The van der Waals surface area contributed by atoms with E-state index in [1.807, 2.05) is 66.7 Å². The number of carbonyl (C=O) groups excluding carboxylic acids is 1. The van der Waals surface area contributed by atoms with Crippen molar-refractivity contribution in [2.75, 3.05) is 0 Å². The van der Waals surface area contributed by atoms with Crippen LogP contribution in [0.4, 0.5) is 0 Å². The number of carboxylic acids is 1. The first-order valence-corrected chi connectivity index (χ1v) is 11.0. The van der Waals surface area contributed by atoms with E-state index in [0.29, 0.717) is 23.7 Å². The molecule has 0 saturated carbocycles. The fourth-order valence-electron chi connectivity index (χ4n) is 3.55. The highest BCUT2D eigenvalue weighted by Crippen LogP contribution is 2.23. The molecular formula is C28H29NO4. The zero-order valence-corrected chi connectivity index (χ0v) is 18.9. The molecule has 0 radical (unpaired) electrons. The maximum absolute atomic E-state index is 13.4. The van der Waals surface area contributed by atoms with Crippen LogP contribution in [-0.2, 0) is 11.4 Å². The van der Waals surface area contributed by atoms with Gasteiger partial charge in [0.2, 0.25) is 0 Å². The predicted octanol–water partition coefficient (Wildman–Crippen LogP) is 5.88. The van der Waals surface area contributed by atoms with Gasteiger partial charge in [-0.3, -0.25) is 4.79 Å². The van der Waals surface area contributed by atoms with Crippen molar-refractivity contribution in [3.05, 3.63) is 107 Å². The minimum absolute atomic E-state index is 0.153. The Labute approximate surface area is 194 Å². The molecule has 0 aliphatic heterocycles. The van der Waals surface area contributed by atoms with Crippen LogP contribution in [-0.4, -0.2) is 17.0 Å². The molecule has 0 aromatic heterocycles. The number of ether oxygens (including phenoxy) is 1. The molecule has 3 aromatic carbocycles. The van der Waals surface area contributed by atoms with Crippen LogP contribution in [0.5, 0.6) is 5.75 Å². The van der Waals surface area contributed by atoms with E-state index in [0.717, 1.165) is 29.4 Å². The van der Waals surface area contributed by atoms with E-state index in [2.05, 4.69) is 19.2 Å². The molecule has 3 aromatic rings. The third kappa shape index (κ3) is 7.35. The fourth-order valence-corrected chi connectivity index (χ4v) is 3.55. The van der Waals surface area contributed by atoms with Crippen LogP contribution < -0.4 is 10.1 Å². The molecular weight excluding hydrogens is 414 g/mol. The molecule has 0 saturated heterocycles. The summed E-state index contributed by atoms with van der Waals surface area (Å²) in [5.41, 5.74) is 2.79. The van der Waals surface area contributed by atoms with Crippen molar-refractivity contribution in [1.29, 1.82) is 0 Å². The average molecular weight is 444 g/mol. The highest BCUT2D eigenvalue weighted by Gasteiger charge is 2.19. The Balaban J connectivity index is 1.87. The summed E-state index contributed by atoms with van der Waals surface area (Å²) in [4.78, 5) is 24.4. The van der Waals surface area contributed by atoms with E-state index in [9.17, 15) is 9.59 Å². The lowest BCUT2D eigenvalue weighted by molar-refractivity contribution is -0.131. The lowest BCUT2D eigenvalue weighted by Gasteiger charge is -2.22. The second-order valence-corrected chi connectivity index (χ2v) is 8.26. The first-order valence-electron chi connectivity index (χ1n) is 11.0. The molecule has 0 heterocycles. The third-order valence-corrected chi connectivity index (χ3v) is 5.13. The summed E-state index contributed by atoms with van der Waals surface area (Å²) in [6.45, 7) is 4.52. The molecule has 5 nitrogen and oxygen atoms in total. The number of carboxylic acid groups (broad SMARTS) is 1. The summed E-state index contributed by atoms with van der Waals surface area (Å²) in [5, 5.41) is 12.2. The molecule has 1 amide bonds. The van der Waals surface area contributed by atoms with Crippen LogP contribution in [0.2, 0.25) is 0 Å². The Bertz CT molecular complexity index is 1090. The molecule has 33 heavy (non-hydrogen) atoms. The predicted molar refractivity (Wildman–Crippen MR) is 130 cm³/mol. The summed E-state index contributed by atoms with van der Waals surface area (Å²) in [6.07, 6.45) is 3.26. The first kappa shape index (κ1) is 23.8. The van der Waals surface area contributed by atoms with Crippen molar-refractivity contribution in [2.45, 2.75) is 32.9 Å². The molecule has 3 rings (SSSR count). The van der Waals surface area contributed by atoms with Gasteiger partial charge in [0.25, 0.3) is 5.91 Å². The minimum atomic E-state index is -1.07. The quantitative estimate of drug-likeness (QED) is 0.384. The van der Waals surface area contributed by atoms with E-state index in [4.69, 9.17) is 9.84 Å². The molecule has 0 spiro atoms. The number of carbonyl (C=O) groups is 2. The molecule has 0 aliphatic rings. The van der Waals surface area contributed by atoms with Gasteiger partial charge in [0.15, 0.2) is 0 Å². The Morgan fingerprint density at radius 2 is 1.64 bits per heavy atom. The monoisotopic (exact) mass is 443 g/mol. The van der Waals surface area contributed by atoms with Gasteiger partial charge in [0.1, 0.15) is 12.4 Å². The van der Waals surface area contributed by atoms with Crippen LogP contribution >= 0.6 is 0 Å². The number of hydrogen-bond donors (Lipinski definition) is 2. The Morgan fingerprint density at radius 3 is 2.27 bits per heavy atom. The second kappa shape index (κ2) is 11.7. The Hall–Kier alpha value is -3.86. The van der Waals surface area contributed by atoms with Gasteiger partial charge in [0, 0.05) is 11.6 Å². The van der Waals surface area contributed by atoms with Gasteiger partial charge >= 0.3 is 5.97 Å². The van der Waals surface area contributed by atoms with Gasteiger partial charge in [0.05, 0.1) is 6.04 Å². The summed E-state index contributed by atoms with van der Waals surface area (Å²) in [7, 11) is 0. The summed E-state index contributed by atoms with van der Waals surface area (Å²) >= 11 is 0. The standard InChI is InChI=1S/C28H29NO4/c1-20(2)17-26(23-9-5-3-6-10-23)29-28(32)25-18-21(13-14-22(25)15-16-27(30)31)19-33-24-11-7-4-8-12-24/h3-16,18,20,26H,17,19H2,1-2H3,(H,29,32)(H,30,31)/b16-15+. The van der Waals surface area contributed by atoms with Gasteiger partial charge in [-0.25, -0.2) is 4.79 Å². The minimum Gasteiger partial charge on any atom is -0.489 e. The lowest BCUT2D eigenvalue weighted by Crippen LogP contribution is -2.30. The molecule has 0 fully saturated rings. The van der Waals surface area contributed by atoms with E-state index in [1.54, 1.807) is 12.1 Å². The number of nitrogens with one attached hydrogen (secondary N) is 1. The van der Waals surface area contributed by atoms with Gasteiger partial charge in [-0.1, -0.05) is 74.5 Å². The van der Waals surface area contributed by atoms with Crippen LogP contribution in [0.3, 0.4) is 0 Å². The maximum Gasteiger partial charge on any atom is 0.328 e. The number of para-hydroxylation sites is 1. The van der Waals surface area contributed by atoms with Crippen molar-refractivity contribution < 1.29 is 19.4 Å². The molecule has 1 unspecified atom stereocenters. The van der Waals surface area contributed by atoms with E-state index >= 15 is 0 Å². The smallest absolute Gasteiger partial charge is 0.328 e. The van der Waals surface area contributed by atoms with Crippen LogP contribution in [0.15, 0.2) is 84.9 Å². The zero-order chi connectivity index (χ0) is 23.6. The number of aliphatic carboxylic acids is 1. The van der Waals surface area contributed by atoms with Crippen molar-refractivity contribution in [2.24, 2.45) is 5.92 Å². The molecule has 0 aliphatic carbocycles. The van der Waals surface area contributed by atoms with Gasteiger partial charge < -0.3 is 15.2 Å². The second-order valence-electron chi connectivity index (χ2n) is 8.26. The largest absolute Gasteiger partial charge is 0.489 e. The zero-order valence-electron chi connectivity index (χ0n) is 18.9. The van der Waals surface area contributed by atoms with E-state index in [1.165, 1.54) is 6.08 Å². The van der Waals surface area contributed by atoms with Gasteiger partial charge in [-0.05, 0) is 53.3 Å². The lowest BCUT2D eigenvalue weighted by atomic mass is 9.96. The molecule has 1 atom stereocenters. The molecule has 170 valence electrons. The summed E-state index contributed by atoms with van der Waals surface area (Å²) < 4.78 is 5.82. The number of hydrogen-bond acceptors (Lipinski definition) is 3. The van der Waals surface area contributed by atoms with Crippen LogP contribution in [0, 0.1) is 5.92 Å². The fraction of sp³-hybridized carbons (Fsp3) is 0.214. The summed E-state index contributed by atoms with van der Waals surface area (Å²) in [5.74, 6) is -0.206. The normalized spacial score (nSPS) is 12.0. The van der Waals surface area contributed by atoms with Crippen molar-refractivity contribution in [1.82, 2.24) is 5.32 Å². The number of benzene rings is 3.